The highest BCUT2D eigenvalue weighted by Gasteiger charge is 2.27. The minimum Gasteiger partial charge on any atom is -0.337 e. The molecule has 0 radical (unpaired) electrons. The summed E-state index contributed by atoms with van der Waals surface area (Å²) >= 11 is 1.45. The zero-order valence-corrected chi connectivity index (χ0v) is 16.0. The van der Waals surface area contributed by atoms with Crippen LogP contribution in [0.5, 0.6) is 0 Å². The molecule has 2 aromatic rings. The molecule has 0 spiro atoms. The van der Waals surface area contributed by atoms with Gasteiger partial charge in [-0.2, -0.15) is 0 Å². The molecule has 1 heterocycles. The van der Waals surface area contributed by atoms with Gasteiger partial charge in [0.15, 0.2) is 5.16 Å². The van der Waals surface area contributed by atoms with Crippen molar-refractivity contribution < 1.29 is 4.79 Å². The highest BCUT2D eigenvalue weighted by molar-refractivity contribution is 8.00. The number of amides is 1. The summed E-state index contributed by atoms with van der Waals surface area (Å²) in [7, 11) is 0. The number of carbonyl (C=O) groups excluding carboxylic acids is 1. The highest BCUT2D eigenvalue weighted by Crippen LogP contribution is 2.27. The summed E-state index contributed by atoms with van der Waals surface area (Å²) < 4.78 is 1.94. The average Bonchev–Trinajstić information content (AvgIpc) is 2.94. The predicted molar refractivity (Wildman–Crippen MR) is 98.5 cm³/mol. The van der Waals surface area contributed by atoms with Crippen LogP contribution in [0.3, 0.4) is 0 Å². The second-order valence-electron chi connectivity index (χ2n) is 6.46. The Hall–Kier alpha value is -1.82. The van der Waals surface area contributed by atoms with Crippen LogP contribution in [0.25, 0.3) is 5.69 Å². The Labute approximate surface area is 148 Å². The molecule has 130 valence electrons. The smallest absolute Gasteiger partial charge is 0.236 e. The zero-order chi connectivity index (χ0) is 17.9. The van der Waals surface area contributed by atoms with E-state index in [-0.39, 0.29) is 23.2 Å². The number of aromatic nitrogens is 3. The van der Waals surface area contributed by atoms with Crippen molar-refractivity contribution in [1.82, 2.24) is 19.7 Å². The third kappa shape index (κ3) is 3.98. The normalized spacial score (nSPS) is 12.7. The lowest BCUT2D eigenvalue weighted by Gasteiger charge is -2.32. The molecule has 24 heavy (non-hydrogen) atoms. The van der Waals surface area contributed by atoms with E-state index in [9.17, 15) is 4.79 Å². The summed E-state index contributed by atoms with van der Waals surface area (Å²) in [6.45, 7) is 12.2. The monoisotopic (exact) mass is 346 g/mol. The number of carbonyl (C=O) groups is 1. The van der Waals surface area contributed by atoms with Gasteiger partial charge < -0.3 is 4.90 Å². The predicted octanol–water partition coefficient (Wildman–Crippen LogP) is 3.70. The number of aryl methyl sites for hydroxylation is 1. The summed E-state index contributed by atoms with van der Waals surface area (Å²) in [5.74, 6) is 0.129. The molecule has 0 saturated heterocycles. The molecule has 0 bridgehead atoms. The first-order valence-corrected chi connectivity index (χ1v) is 9.15. The molecular weight excluding hydrogens is 320 g/mol. The Kier molecular flexibility index (Phi) is 6.04. The molecule has 0 fully saturated rings. The second-order valence-corrected chi connectivity index (χ2v) is 7.77. The Bertz CT molecular complexity index is 688. The fourth-order valence-electron chi connectivity index (χ4n) is 2.83. The first-order valence-electron chi connectivity index (χ1n) is 8.27. The fraction of sp³-hybridized carbons (Fsp3) is 0.500. The van der Waals surface area contributed by atoms with E-state index < -0.39 is 0 Å². The molecular formula is C18H26N4OS. The van der Waals surface area contributed by atoms with Gasteiger partial charge in [0.2, 0.25) is 5.91 Å². The van der Waals surface area contributed by atoms with Crippen LogP contribution in [-0.4, -0.2) is 42.9 Å². The molecule has 6 heteroatoms. The van der Waals surface area contributed by atoms with Gasteiger partial charge in [0, 0.05) is 12.1 Å². The van der Waals surface area contributed by atoms with E-state index in [1.165, 1.54) is 11.8 Å². The molecule has 1 amide bonds. The van der Waals surface area contributed by atoms with E-state index in [4.69, 9.17) is 0 Å². The molecule has 1 aromatic carbocycles. The Morgan fingerprint density at radius 2 is 1.75 bits per heavy atom. The maximum absolute atomic E-state index is 12.8. The summed E-state index contributed by atoms with van der Waals surface area (Å²) in [4.78, 5) is 14.7. The highest BCUT2D eigenvalue weighted by atomic mass is 32.2. The fourth-order valence-corrected chi connectivity index (χ4v) is 3.72. The molecule has 1 unspecified atom stereocenters. The standard InChI is InChI=1S/C18H26N4OS/c1-12(2)22(13(3)4)17(23)15(6)24-18-20-19-11-21(18)16-10-8-7-9-14(16)5/h7-13,15H,1-6H3. The van der Waals surface area contributed by atoms with Crippen molar-refractivity contribution in [2.75, 3.05) is 0 Å². The average molecular weight is 347 g/mol. The first kappa shape index (κ1) is 18.5. The molecule has 0 aliphatic rings. The SMILES string of the molecule is Cc1ccccc1-n1cnnc1SC(C)C(=O)N(C(C)C)C(C)C. The maximum Gasteiger partial charge on any atom is 0.236 e. The van der Waals surface area contributed by atoms with Crippen molar-refractivity contribution >= 4 is 17.7 Å². The van der Waals surface area contributed by atoms with E-state index >= 15 is 0 Å². The van der Waals surface area contributed by atoms with Crippen LogP contribution in [0.15, 0.2) is 35.7 Å². The number of hydrogen-bond acceptors (Lipinski definition) is 4. The van der Waals surface area contributed by atoms with Gasteiger partial charge in [-0.15, -0.1) is 10.2 Å². The number of nitrogens with zero attached hydrogens (tertiary/aromatic N) is 4. The molecule has 1 atom stereocenters. The zero-order valence-electron chi connectivity index (χ0n) is 15.2. The molecule has 2 rings (SSSR count). The van der Waals surface area contributed by atoms with Gasteiger partial charge in [0.25, 0.3) is 0 Å². The minimum absolute atomic E-state index is 0.129. The number of benzene rings is 1. The largest absolute Gasteiger partial charge is 0.337 e. The molecule has 1 aromatic heterocycles. The van der Waals surface area contributed by atoms with Crippen molar-refractivity contribution in [3.05, 3.63) is 36.2 Å². The van der Waals surface area contributed by atoms with Crippen molar-refractivity contribution in [3.63, 3.8) is 0 Å². The van der Waals surface area contributed by atoms with Gasteiger partial charge in [-0.25, -0.2) is 0 Å². The van der Waals surface area contributed by atoms with Crippen LogP contribution in [0.4, 0.5) is 0 Å². The van der Waals surface area contributed by atoms with E-state index in [0.29, 0.717) is 0 Å². The number of hydrogen-bond donors (Lipinski definition) is 0. The van der Waals surface area contributed by atoms with E-state index in [1.54, 1.807) is 6.33 Å². The van der Waals surface area contributed by atoms with Gasteiger partial charge in [0.1, 0.15) is 6.33 Å². The van der Waals surface area contributed by atoms with Crippen molar-refractivity contribution in [2.24, 2.45) is 0 Å². The van der Waals surface area contributed by atoms with Crippen LogP contribution in [0.1, 0.15) is 40.2 Å². The number of para-hydroxylation sites is 1. The summed E-state index contributed by atoms with van der Waals surface area (Å²) in [6, 6.07) is 8.43. The van der Waals surface area contributed by atoms with Crippen LogP contribution >= 0.6 is 11.8 Å². The topological polar surface area (TPSA) is 51.0 Å². The third-order valence-corrected chi connectivity index (χ3v) is 4.93. The molecule has 0 saturated carbocycles. The quantitative estimate of drug-likeness (QED) is 0.748. The molecule has 0 aliphatic heterocycles. The van der Waals surface area contributed by atoms with Crippen LogP contribution < -0.4 is 0 Å². The van der Waals surface area contributed by atoms with Crippen molar-refractivity contribution in [2.45, 2.75) is 64.0 Å². The van der Waals surface area contributed by atoms with Gasteiger partial charge in [-0.05, 0) is 53.2 Å². The van der Waals surface area contributed by atoms with Crippen LogP contribution in [-0.2, 0) is 4.79 Å². The number of thioether (sulfide) groups is 1. The Morgan fingerprint density at radius 1 is 1.12 bits per heavy atom. The molecule has 0 aliphatic carbocycles. The second kappa shape index (κ2) is 7.83. The lowest BCUT2D eigenvalue weighted by Crippen LogP contribution is -2.45. The maximum atomic E-state index is 12.8. The molecule has 5 nitrogen and oxygen atoms in total. The van der Waals surface area contributed by atoms with Crippen molar-refractivity contribution in [1.29, 1.82) is 0 Å². The molecule has 0 N–H and O–H groups in total. The van der Waals surface area contributed by atoms with Crippen LogP contribution in [0.2, 0.25) is 0 Å². The third-order valence-electron chi connectivity index (χ3n) is 3.89. The van der Waals surface area contributed by atoms with Gasteiger partial charge in [-0.1, -0.05) is 30.0 Å². The van der Waals surface area contributed by atoms with Gasteiger partial charge >= 0.3 is 0 Å². The Morgan fingerprint density at radius 3 is 2.33 bits per heavy atom. The number of rotatable bonds is 6. The minimum atomic E-state index is -0.221. The first-order chi connectivity index (χ1) is 11.3. The van der Waals surface area contributed by atoms with Crippen molar-refractivity contribution in [3.8, 4) is 5.69 Å². The van der Waals surface area contributed by atoms with E-state index in [2.05, 4.69) is 23.2 Å². The van der Waals surface area contributed by atoms with Crippen LogP contribution in [0, 0.1) is 6.92 Å². The van der Waals surface area contributed by atoms with E-state index in [0.717, 1.165) is 16.4 Å². The lowest BCUT2D eigenvalue weighted by molar-refractivity contribution is -0.133. The van der Waals surface area contributed by atoms with Gasteiger partial charge in [0.05, 0.1) is 10.9 Å². The van der Waals surface area contributed by atoms with E-state index in [1.807, 2.05) is 62.3 Å². The van der Waals surface area contributed by atoms with Gasteiger partial charge in [-0.3, -0.25) is 9.36 Å². The summed E-state index contributed by atoms with van der Waals surface area (Å²) in [5.41, 5.74) is 2.18. The summed E-state index contributed by atoms with van der Waals surface area (Å²) in [5, 5.41) is 8.76. The lowest BCUT2D eigenvalue weighted by atomic mass is 10.2. The Balaban J connectivity index is 2.22. The summed E-state index contributed by atoms with van der Waals surface area (Å²) in [6.07, 6.45) is 1.70.